The van der Waals surface area contributed by atoms with E-state index in [1.165, 1.54) is 6.42 Å². The molecular formula is C13H28O4. The van der Waals surface area contributed by atoms with E-state index < -0.39 is 0 Å². The first-order chi connectivity index (χ1) is 8.27. The van der Waals surface area contributed by atoms with E-state index in [4.69, 9.17) is 18.9 Å². The summed E-state index contributed by atoms with van der Waals surface area (Å²) in [6.07, 6.45) is 2.57. The molecule has 0 unspecified atom stereocenters. The maximum Gasteiger partial charge on any atom is 0.0703 e. The number of unbranched alkanes of at least 4 members (excludes halogenated alkanes) is 1. The normalized spacial score (nSPS) is 11.3. The van der Waals surface area contributed by atoms with Crippen molar-refractivity contribution in [2.45, 2.75) is 39.7 Å². The van der Waals surface area contributed by atoms with Crippen LogP contribution in [0.15, 0.2) is 0 Å². The van der Waals surface area contributed by atoms with E-state index in [0.717, 1.165) is 13.0 Å². The average molecular weight is 248 g/mol. The summed E-state index contributed by atoms with van der Waals surface area (Å²) in [5, 5.41) is 0. The summed E-state index contributed by atoms with van der Waals surface area (Å²) in [5.74, 6) is 0. The molecule has 0 saturated carbocycles. The van der Waals surface area contributed by atoms with Crippen LogP contribution in [0.3, 0.4) is 0 Å². The van der Waals surface area contributed by atoms with Crippen LogP contribution in [0.25, 0.3) is 0 Å². The quantitative estimate of drug-likeness (QED) is 0.469. The summed E-state index contributed by atoms with van der Waals surface area (Å²) in [5.41, 5.74) is 0. The second-order valence-electron chi connectivity index (χ2n) is 4.11. The molecule has 4 heteroatoms. The van der Waals surface area contributed by atoms with Crippen LogP contribution in [0.4, 0.5) is 0 Å². The topological polar surface area (TPSA) is 36.9 Å². The molecule has 0 saturated heterocycles. The molecule has 0 atom stereocenters. The van der Waals surface area contributed by atoms with Crippen molar-refractivity contribution in [3.05, 3.63) is 0 Å². The van der Waals surface area contributed by atoms with Crippen molar-refractivity contribution in [1.82, 2.24) is 0 Å². The fourth-order valence-corrected chi connectivity index (χ4v) is 1.13. The van der Waals surface area contributed by atoms with Gasteiger partial charge in [-0.3, -0.25) is 0 Å². The van der Waals surface area contributed by atoms with Crippen molar-refractivity contribution >= 4 is 0 Å². The Labute approximate surface area is 106 Å². The van der Waals surface area contributed by atoms with Gasteiger partial charge in [0.15, 0.2) is 0 Å². The van der Waals surface area contributed by atoms with Crippen LogP contribution in [0.5, 0.6) is 0 Å². The molecule has 0 aromatic carbocycles. The number of ether oxygens (including phenoxy) is 4. The lowest BCUT2D eigenvalue weighted by molar-refractivity contribution is -0.0118. The highest BCUT2D eigenvalue weighted by molar-refractivity contribution is 4.38. The van der Waals surface area contributed by atoms with E-state index in [9.17, 15) is 0 Å². The summed E-state index contributed by atoms with van der Waals surface area (Å²) in [4.78, 5) is 0. The summed E-state index contributed by atoms with van der Waals surface area (Å²) < 4.78 is 21.4. The Morgan fingerprint density at radius 1 is 0.706 bits per heavy atom. The van der Waals surface area contributed by atoms with Crippen LogP contribution < -0.4 is 0 Å². The van der Waals surface area contributed by atoms with E-state index in [1.54, 1.807) is 0 Å². The van der Waals surface area contributed by atoms with Gasteiger partial charge in [0.2, 0.25) is 0 Å². The monoisotopic (exact) mass is 248 g/mol. The van der Waals surface area contributed by atoms with Crippen molar-refractivity contribution in [2.75, 3.05) is 46.2 Å². The smallest absolute Gasteiger partial charge is 0.0703 e. The molecule has 0 aliphatic heterocycles. The van der Waals surface area contributed by atoms with Gasteiger partial charge in [0.25, 0.3) is 0 Å². The zero-order valence-corrected chi connectivity index (χ0v) is 11.6. The highest BCUT2D eigenvalue weighted by Crippen LogP contribution is 1.89. The Morgan fingerprint density at radius 2 is 1.18 bits per heavy atom. The van der Waals surface area contributed by atoms with E-state index in [2.05, 4.69) is 6.92 Å². The van der Waals surface area contributed by atoms with Crippen molar-refractivity contribution in [1.29, 1.82) is 0 Å². The fourth-order valence-electron chi connectivity index (χ4n) is 1.13. The number of hydrogen-bond donors (Lipinski definition) is 0. The molecule has 0 N–H and O–H groups in total. The highest BCUT2D eigenvalue weighted by Gasteiger charge is 1.94. The average Bonchev–Trinajstić information content (AvgIpc) is 2.30. The molecule has 0 aliphatic rings. The summed E-state index contributed by atoms with van der Waals surface area (Å²) in [7, 11) is 0. The largest absolute Gasteiger partial charge is 0.379 e. The van der Waals surface area contributed by atoms with Gasteiger partial charge in [-0.25, -0.2) is 0 Å². The van der Waals surface area contributed by atoms with Crippen molar-refractivity contribution in [2.24, 2.45) is 0 Å². The Hall–Kier alpha value is -0.160. The van der Waals surface area contributed by atoms with Crippen LogP contribution in [0, 0.1) is 0 Å². The minimum Gasteiger partial charge on any atom is -0.379 e. The highest BCUT2D eigenvalue weighted by atomic mass is 16.6. The van der Waals surface area contributed by atoms with E-state index in [0.29, 0.717) is 39.6 Å². The first kappa shape index (κ1) is 16.8. The molecule has 0 amide bonds. The molecular weight excluding hydrogens is 220 g/mol. The number of rotatable bonds is 13. The third-order valence-electron chi connectivity index (χ3n) is 2.07. The van der Waals surface area contributed by atoms with Crippen LogP contribution in [0.2, 0.25) is 0 Å². The van der Waals surface area contributed by atoms with Gasteiger partial charge in [-0.2, -0.15) is 0 Å². The minimum atomic E-state index is 0.273. The van der Waals surface area contributed by atoms with E-state index >= 15 is 0 Å². The lowest BCUT2D eigenvalue weighted by Crippen LogP contribution is -2.13. The maximum atomic E-state index is 5.36. The van der Waals surface area contributed by atoms with Gasteiger partial charge in [0, 0.05) is 6.61 Å². The second kappa shape index (κ2) is 13.9. The zero-order valence-electron chi connectivity index (χ0n) is 11.6. The SMILES string of the molecule is CCCCOCCOCCOCCOC(C)C. The molecule has 0 radical (unpaired) electrons. The molecule has 0 fully saturated rings. The van der Waals surface area contributed by atoms with Crippen molar-refractivity contribution in [3.8, 4) is 0 Å². The molecule has 0 aromatic heterocycles. The number of hydrogen-bond acceptors (Lipinski definition) is 4. The van der Waals surface area contributed by atoms with Gasteiger partial charge < -0.3 is 18.9 Å². The van der Waals surface area contributed by atoms with Gasteiger partial charge in [0.05, 0.1) is 45.7 Å². The predicted molar refractivity (Wildman–Crippen MR) is 68.5 cm³/mol. The van der Waals surface area contributed by atoms with Gasteiger partial charge in [-0.05, 0) is 20.3 Å². The molecule has 104 valence electrons. The summed E-state index contributed by atoms with van der Waals surface area (Å²) in [6.45, 7) is 10.9. The standard InChI is InChI=1S/C13H28O4/c1-4-5-6-14-7-8-15-9-10-16-11-12-17-13(2)3/h13H,4-12H2,1-3H3. The lowest BCUT2D eigenvalue weighted by atomic mass is 10.4. The van der Waals surface area contributed by atoms with Gasteiger partial charge in [-0.15, -0.1) is 0 Å². The second-order valence-corrected chi connectivity index (χ2v) is 4.11. The fraction of sp³-hybridized carbons (Fsp3) is 1.00. The van der Waals surface area contributed by atoms with E-state index in [-0.39, 0.29) is 6.10 Å². The first-order valence-corrected chi connectivity index (χ1v) is 6.62. The van der Waals surface area contributed by atoms with Crippen LogP contribution in [-0.4, -0.2) is 52.4 Å². The molecule has 0 heterocycles. The maximum absolute atomic E-state index is 5.36. The molecule has 0 bridgehead atoms. The van der Waals surface area contributed by atoms with Gasteiger partial charge in [-0.1, -0.05) is 13.3 Å². The molecule has 4 nitrogen and oxygen atoms in total. The van der Waals surface area contributed by atoms with Gasteiger partial charge in [0.1, 0.15) is 0 Å². The zero-order chi connectivity index (χ0) is 12.8. The van der Waals surface area contributed by atoms with Crippen LogP contribution in [-0.2, 0) is 18.9 Å². The molecule has 0 aromatic rings. The van der Waals surface area contributed by atoms with Crippen molar-refractivity contribution < 1.29 is 18.9 Å². The third kappa shape index (κ3) is 15.8. The van der Waals surface area contributed by atoms with E-state index in [1.807, 2.05) is 13.8 Å². The third-order valence-corrected chi connectivity index (χ3v) is 2.07. The predicted octanol–water partition coefficient (Wildman–Crippen LogP) is 2.26. The first-order valence-electron chi connectivity index (χ1n) is 6.62. The minimum absolute atomic E-state index is 0.273. The molecule has 0 spiro atoms. The molecule has 0 rings (SSSR count). The van der Waals surface area contributed by atoms with Gasteiger partial charge >= 0.3 is 0 Å². The summed E-state index contributed by atoms with van der Waals surface area (Å²) in [6, 6.07) is 0. The Morgan fingerprint density at radius 3 is 1.65 bits per heavy atom. The van der Waals surface area contributed by atoms with Crippen LogP contribution >= 0.6 is 0 Å². The Balaban J connectivity index is 2.89. The molecule has 0 aliphatic carbocycles. The van der Waals surface area contributed by atoms with Crippen molar-refractivity contribution in [3.63, 3.8) is 0 Å². The lowest BCUT2D eigenvalue weighted by Gasteiger charge is -2.08. The Bertz CT molecular complexity index is 139. The Kier molecular flexibility index (Phi) is 13.8. The molecule has 17 heavy (non-hydrogen) atoms. The summed E-state index contributed by atoms with van der Waals surface area (Å²) >= 11 is 0. The van der Waals surface area contributed by atoms with Crippen LogP contribution in [0.1, 0.15) is 33.6 Å².